The zero-order valence-corrected chi connectivity index (χ0v) is 8.21. The number of nitrogens with two attached hydrogens (primary N) is 1. The lowest BCUT2D eigenvalue weighted by molar-refractivity contribution is 0.247. The van der Waals surface area contributed by atoms with Gasteiger partial charge in [0.05, 0.1) is 0 Å². The maximum Gasteiger partial charge on any atom is 0.327 e. The second-order valence-corrected chi connectivity index (χ2v) is 4.18. The number of urea groups is 1. The number of hydrogen-bond acceptors (Lipinski definition) is 3. The first kappa shape index (κ1) is 11.4. The number of benzene rings is 1. The van der Waals surface area contributed by atoms with E-state index in [0.717, 1.165) is 12.1 Å². The number of rotatable bonds is 3. The summed E-state index contributed by atoms with van der Waals surface area (Å²) in [4.78, 5) is 11.3. The van der Waals surface area contributed by atoms with Crippen LogP contribution in [0.4, 0.5) is 9.18 Å². The highest BCUT2D eigenvalue weighted by molar-refractivity contribution is 7.89. The van der Waals surface area contributed by atoms with E-state index in [0.29, 0.717) is 0 Å². The number of nitrogens with one attached hydrogen (secondary N) is 2. The smallest absolute Gasteiger partial charge is 0.327 e. The minimum absolute atomic E-state index is 0.571. The lowest BCUT2D eigenvalue weighted by atomic mass is 10.4. The summed E-state index contributed by atoms with van der Waals surface area (Å²) < 4.78 is 35.7. The van der Waals surface area contributed by atoms with Crippen molar-refractivity contribution in [2.24, 2.45) is 5.73 Å². The van der Waals surface area contributed by atoms with E-state index in [-0.39, 0.29) is 0 Å². The molecule has 4 N–H and O–H groups in total. The Morgan fingerprint density at radius 2 is 1.93 bits per heavy atom. The van der Waals surface area contributed by atoms with Gasteiger partial charge in [0.1, 0.15) is 10.7 Å². The maximum atomic E-state index is 13.0. The molecule has 0 heterocycles. The van der Waals surface area contributed by atoms with Crippen molar-refractivity contribution in [2.45, 2.75) is 4.90 Å². The summed E-state index contributed by atoms with van der Waals surface area (Å²) in [5, 5.41) is 0. The van der Waals surface area contributed by atoms with Crippen molar-refractivity contribution >= 4 is 16.1 Å². The molecule has 0 fully saturated rings. The third-order valence-corrected chi connectivity index (χ3v) is 2.72. The number of hydrazine groups is 1. The molecule has 0 bridgehead atoms. The van der Waals surface area contributed by atoms with Gasteiger partial charge in [-0.2, -0.15) is 0 Å². The van der Waals surface area contributed by atoms with Gasteiger partial charge in [0, 0.05) is 0 Å². The van der Waals surface area contributed by atoms with Crippen molar-refractivity contribution in [1.82, 2.24) is 10.3 Å². The van der Waals surface area contributed by atoms with E-state index in [9.17, 15) is 17.6 Å². The Kier molecular flexibility index (Phi) is 3.22. The van der Waals surface area contributed by atoms with Gasteiger partial charge in [-0.1, -0.05) is 12.1 Å². The molecule has 1 rings (SSSR count). The van der Waals surface area contributed by atoms with Gasteiger partial charge in [0.2, 0.25) is 0 Å². The van der Waals surface area contributed by atoms with Gasteiger partial charge in [-0.05, 0) is 12.1 Å². The van der Waals surface area contributed by atoms with E-state index in [1.165, 1.54) is 12.1 Å². The monoisotopic (exact) mass is 233 g/mol. The first-order valence-corrected chi connectivity index (χ1v) is 5.23. The second kappa shape index (κ2) is 4.24. The van der Waals surface area contributed by atoms with Gasteiger partial charge >= 0.3 is 6.03 Å². The van der Waals surface area contributed by atoms with Gasteiger partial charge in [-0.25, -0.2) is 17.6 Å². The number of hydrogen-bond donors (Lipinski definition) is 3. The summed E-state index contributed by atoms with van der Waals surface area (Å²) in [6.45, 7) is 0. The average Bonchev–Trinajstić information content (AvgIpc) is 2.15. The first-order valence-electron chi connectivity index (χ1n) is 3.75. The largest absolute Gasteiger partial charge is 0.351 e. The minimum Gasteiger partial charge on any atom is -0.351 e. The van der Waals surface area contributed by atoms with Crippen molar-refractivity contribution in [2.75, 3.05) is 0 Å². The van der Waals surface area contributed by atoms with E-state index in [1.807, 2.05) is 0 Å². The Balaban J connectivity index is 2.97. The molecule has 0 aromatic heterocycles. The molecule has 6 nitrogen and oxygen atoms in total. The SMILES string of the molecule is NC(=O)NNS(=O)(=O)c1ccccc1F. The Labute approximate surface area is 85.3 Å². The van der Waals surface area contributed by atoms with Crippen LogP contribution in [-0.4, -0.2) is 14.4 Å². The Morgan fingerprint density at radius 1 is 1.33 bits per heavy atom. The summed E-state index contributed by atoms with van der Waals surface area (Å²) in [6.07, 6.45) is 0. The maximum absolute atomic E-state index is 13.0. The minimum atomic E-state index is -4.12. The number of carbonyl (C=O) groups is 1. The van der Waals surface area contributed by atoms with Gasteiger partial charge in [-0.3, -0.25) is 5.43 Å². The van der Waals surface area contributed by atoms with E-state index in [1.54, 1.807) is 10.3 Å². The predicted octanol–water partition coefficient (Wildman–Crippen LogP) is -0.313. The Bertz CT molecular complexity index is 474. The molecule has 0 atom stereocenters. The number of primary amides is 1. The molecule has 0 aliphatic heterocycles. The topological polar surface area (TPSA) is 101 Å². The molecule has 0 aliphatic carbocycles. The summed E-state index contributed by atoms with van der Waals surface area (Å²) in [6, 6.07) is 3.65. The fourth-order valence-corrected chi connectivity index (χ4v) is 1.76. The van der Waals surface area contributed by atoms with Crippen LogP contribution in [0.2, 0.25) is 0 Å². The molecule has 0 unspecified atom stereocenters. The molecule has 1 aromatic carbocycles. The molecule has 0 aliphatic rings. The number of amides is 2. The molecule has 0 saturated heterocycles. The normalized spacial score (nSPS) is 11.0. The van der Waals surface area contributed by atoms with Crippen molar-refractivity contribution in [3.8, 4) is 0 Å². The third kappa shape index (κ3) is 2.89. The van der Waals surface area contributed by atoms with Crippen LogP contribution in [0.1, 0.15) is 0 Å². The molecule has 0 spiro atoms. The van der Waals surface area contributed by atoms with Crippen LogP contribution < -0.4 is 16.0 Å². The van der Waals surface area contributed by atoms with E-state index in [2.05, 4.69) is 5.73 Å². The molecular formula is C7H8FN3O3S. The zero-order valence-electron chi connectivity index (χ0n) is 7.40. The standard InChI is InChI=1S/C7H8FN3O3S/c8-5-3-1-2-4-6(5)15(13,14)11-10-7(9)12/h1-4,11H,(H3,9,10,12). The summed E-state index contributed by atoms with van der Waals surface area (Å²) in [7, 11) is -4.12. The highest BCUT2D eigenvalue weighted by Crippen LogP contribution is 2.11. The highest BCUT2D eigenvalue weighted by Gasteiger charge is 2.18. The first-order chi connectivity index (χ1) is 6.93. The molecule has 2 amide bonds. The molecule has 1 aromatic rings. The second-order valence-electron chi connectivity index (χ2n) is 2.53. The average molecular weight is 233 g/mol. The highest BCUT2D eigenvalue weighted by atomic mass is 32.2. The van der Waals surface area contributed by atoms with Crippen LogP contribution in [0.25, 0.3) is 0 Å². The number of sulfonamides is 1. The van der Waals surface area contributed by atoms with E-state index in [4.69, 9.17) is 0 Å². The van der Waals surface area contributed by atoms with Crippen molar-refractivity contribution < 1.29 is 17.6 Å². The molecule has 82 valence electrons. The molecule has 15 heavy (non-hydrogen) atoms. The number of carbonyl (C=O) groups excluding carboxylic acids is 1. The van der Waals surface area contributed by atoms with Crippen LogP contribution in [-0.2, 0) is 10.0 Å². The molecule has 0 radical (unpaired) electrons. The van der Waals surface area contributed by atoms with E-state index >= 15 is 0 Å². The van der Waals surface area contributed by atoms with Crippen LogP contribution >= 0.6 is 0 Å². The van der Waals surface area contributed by atoms with Crippen LogP contribution in [0, 0.1) is 5.82 Å². The van der Waals surface area contributed by atoms with Gasteiger partial charge in [0.15, 0.2) is 0 Å². The van der Waals surface area contributed by atoms with Crippen LogP contribution in [0.15, 0.2) is 29.2 Å². The van der Waals surface area contributed by atoms with E-state index < -0.39 is 26.8 Å². The summed E-state index contributed by atoms with van der Waals surface area (Å²) >= 11 is 0. The molecule has 8 heteroatoms. The van der Waals surface area contributed by atoms with Crippen molar-refractivity contribution in [1.29, 1.82) is 0 Å². The quantitative estimate of drug-likeness (QED) is 0.624. The lowest BCUT2D eigenvalue weighted by Crippen LogP contribution is -2.44. The van der Waals surface area contributed by atoms with Crippen LogP contribution in [0.5, 0.6) is 0 Å². The molecular weight excluding hydrogens is 225 g/mol. The zero-order chi connectivity index (χ0) is 11.5. The lowest BCUT2D eigenvalue weighted by Gasteiger charge is -2.06. The fraction of sp³-hybridized carbons (Fsp3) is 0. The predicted molar refractivity (Wildman–Crippen MR) is 49.4 cm³/mol. The third-order valence-electron chi connectivity index (χ3n) is 1.43. The van der Waals surface area contributed by atoms with Crippen LogP contribution in [0.3, 0.4) is 0 Å². The van der Waals surface area contributed by atoms with Gasteiger partial charge in [-0.15, -0.1) is 4.83 Å². The van der Waals surface area contributed by atoms with Gasteiger partial charge < -0.3 is 5.73 Å². The number of halogens is 1. The Hall–Kier alpha value is -1.67. The molecule has 0 saturated carbocycles. The van der Waals surface area contributed by atoms with Crippen molar-refractivity contribution in [3.05, 3.63) is 30.1 Å². The summed E-state index contributed by atoms with van der Waals surface area (Å²) in [5.41, 5.74) is 6.29. The summed E-state index contributed by atoms with van der Waals surface area (Å²) in [5.74, 6) is -0.920. The Morgan fingerprint density at radius 3 is 2.47 bits per heavy atom. The fourth-order valence-electron chi connectivity index (χ4n) is 0.835. The van der Waals surface area contributed by atoms with Gasteiger partial charge in [0.25, 0.3) is 10.0 Å². The van der Waals surface area contributed by atoms with Crippen molar-refractivity contribution in [3.63, 3.8) is 0 Å².